The highest BCUT2D eigenvalue weighted by Gasteiger charge is 2.70. The van der Waals surface area contributed by atoms with Crippen molar-refractivity contribution >= 4 is 8.58 Å². The van der Waals surface area contributed by atoms with Crippen LogP contribution in [0.4, 0.5) is 96.6 Å². The maximum absolute atomic E-state index is 13.9. The quantitative estimate of drug-likeness (QED) is 0.0488. The van der Waals surface area contributed by atoms with Crippen LogP contribution in [0.1, 0.15) is 96.1 Å². The molecule has 0 spiro atoms. The van der Waals surface area contributed by atoms with Crippen molar-refractivity contribution in [3.8, 4) is 11.1 Å². The molecular weight excluding hydrogens is 845 g/mol. The fourth-order valence-corrected chi connectivity index (χ4v) is 6.46. The number of alkyl halides is 14. The zero-order valence-corrected chi connectivity index (χ0v) is 30.2. The minimum atomic E-state index is -7.10. The van der Waals surface area contributed by atoms with Gasteiger partial charge in [0.05, 0.1) is 11.1 Å². The number of halogens is 22. The molecule has 0 aromatic heterocycles. The van der Waals surface area contributed by atoms with E-state index in [4.69, 9.17) is 0 Å². The average molecular weight is 879 g/mol. The Kier molecular flexibility index (Phi) is 17.8. The van der Waals surface area contributed by atoms with Crippen molar-refractivity contribution < 1.29 is 96.6 Å². The molecule has 0 N–H and O–H groups in total. The Balaban J connectivity index is 0.000000575. The van der Waals surface area contributed by atoms with Crippen LogP contribution in [0.5, 0.6) is 0 Å². The molecule has 0 aliphatic rings. The molecule has 2 atom stereocenters. The van der Waals surface area contributed by atoms with Crippen LogP contribution in [0.3, 0.4) is 0 Å². The third-order valence-electron chi connectivity index (χ3n) is 8.38. The van der Waals surface area contributed by atoms with Crippen molar-refractivity contribution in [3.05, 3.63) is 57.7 Å². The monoisotopic (exact) mass is 878 g/mol. The first kappa shape index (κ1) is 51.3. The van der Waals surface area contributed by atoms with E-state index in [1.54, 1.807) is 0 Å². The maximum atomic E-state index is 13.9. The molecule has 0 saturated heterocycles. The molecule has 2 unspecified atom stereocenters. The summed E-state index contributed by atoms with van der Waals surface area (Å²) in [5, 5.41) is 0. The molecule has 0 fully saturated rings. The predicted octanol–water partition coefficient (Wildman–Crippen LogP) is 15.2. The van der Waals surface area contributed by atoms with E-state index in [1.807, 2.05) is 20.8 Å². The highest BCUT2D eigenvalue weighted by molar-refractivity contribution is 7.39. The molecule has 0 amide bonds. The summed E-state index contributed by atoms with van der Waals surface area (Å²) in [4.78, 5) is 0. The largest absolute Gasteiger partial charge is 0.458 e. The standard InChI is InChI=1S/C18H33F6P.C15F16/c1-4-7-9-10-13-16(19,20)17(21,22)18(23,24)25-14-12-15(6-3)11-8-5-2;16-5-2(6(17)10(21)12(23)9(5)20)1-3(13(24,25)15(29,30)31)7(18)11(22)8(19)4(1)14(26,27)28/h15,25H,4-14H2,1-3H3;. The molecular formula is C33H33F22P. The van der Waals surface area contributed by atoms with Crippen molar-refractivity contribution in [2.75, 3.05) is 6.16 Å². The first-order valence-electron chi connectivity index (χ1n) is 16.5. The molecule has 2 rings (SSSR count). The van der Waals surface area contributed by atoms with Gasteiger partial charge in [0.1, 0.15) is 5.56 Å². The topological polar surface area (TPSA) is 0 Å². The smallest absolute Gasteiger partial charge is 0.203 e. The molecule has 56 heavy (non-hydrogen) atoms. The van der Waals surface area contributed by atoms with E-state index in [0.29, 0.717) is 19.3 Å². The van der Waals surface area contributed by atoms with E-state index in [-0.39, 0.29) is 18.5 Å². The molecule has 23 heteroatoms. The molecule has 0 radical (unpaired) electrons. The summed E-state index contributed by atoms with van der Waals surface area (Å²) >= 11 is 0. The van der Waals surface area contributed by atoms with Crippen LogP contribution in [0, 0.1) is 52.5 Å². The third kappa shape index (κ3) is 11.1. The third-order valence-corrected chi connectivity index (χ3v) is 9.68. The average Bonchev–Trinajstić information content (AvgIpc) is 3.07. The molecule has 324 valence electrons. The Hall–Kier alpha value is -2.67. The summed E-state index contributed by atoms with van der Waals surface area (Å²) in [5.74, 6) is -43.9. The van der Waals surface area contributed by atoms with Crippen molar-refractivity contribution in [1.29, 1.82) is 0 Å². The number of rotatable bonds is 17. The van der Waals surface area contributed by atoms with Crippen LogP contribution in [-0.4, -0.2) is 29.8 Å². The van der Waals surface area contributed by atoms with Gasteiger partial charge in [0.15, 0.2) is 40.7 Å². The van der Waals surface area contributed by atoms with Crippen LogP contribution in [0.2, 0.25) is 0 Å². The first-order valence-corrected chi connectivity index (χ1v) is 17.7. The van der Waals surface area contributed by atoms with Crippen LogP contribution >= 0.6 is 8.58 Å². The molecule has 0 aliphatic heterocycles. The maximum Gasteiger partial charge on any atom is 0.458 e. The summed E-state index contributed by atoms with van der Waals surface area (Å²) in [6, 6.07) is 0. The number of hydrogen-bond acceptors (Lipinski definition) is 0. The van der Waals surface area contributed by atoms with Crippen LogP contribution < -0.4 is 0 Å². The van der Waals surface area contributed by atoms with Crippen LogP contribution in [-0.2, 0) is 12.1 Å². The summed E-state index contributed by atoms with van der Waals surface area (Å²) in [6.45, 7) is 5.80. The number of unbranched alkanes of at least 4 members (excludes halogenated alkanes) is 4. The van der Waals surface area contributed by atoms with E-state index in [1.165, 1.54) is 0 Å². The highest BCUT2D eigenvalue weighted by Crippen LogP contribution is 2.56. The van der Waals surface area contributed by atoms with Gasteiger partial charge in [-0.2, -0.15) is 61.5 Å². The summed E-state index contributed by atoms with van der Waals surface area (Å²) < 4.78 is 297. The van der Waals surface area contributed by atoms with Gasteiger partial charge in [0.2, 0.25) is 5.82 Å². The van der Waals surface area contributed by atoms with E-state index < -0.39 is 120 Å². The van der Waals surface area contributed by atoms with Crippen molar-refractivity contribution in [2.45, 2.75) is 121 Å². The molecule has 0 bridgehead atoms. The lowest BCUT2D eigenvalue weighted by atomic mass is 9.88. The lowest BCUT2D eigenvalue weighted by Crippen LogP contribution is -2.52. The van der Waals surface area contributed by atoms with Crippen molar-refractivity contribution in [1.82, 2.24) is 0 Å². The Bertz CT molecular complexity index is 1580. The highest BCUT2D eigenvalue weighted by atomic mass is 31.1. The summed E-state index contributed by atoms with van der Waals surface area (Å²) in [5.41, 5.74) is -18.8. The van der Waals surface area contributed by atoms with Gasteiger partial charge in [-0.3, -0.25) is 0 Å². The van der Waals surface area contributed by atoms with Crippen LogP contribution in [0.25, 0.3) is 11.1 Å². The Labute approximate surface area is 307 Å². The van der Waals surface area contributed by atoms with Gasteiger partial charge in [0, 0.05) is 12.0 Å². The van der Waals surface area contributed by atoms with E-state index in [9.17, 15) is 96.6 Å². The molecule has 0 nitrogen and oxygen atoms in total. The summed E-state index contributed by atoms with van der Waals surface area (Å²) in [6.07, 6.45) is -9.42. The van der Waals surface area contributed by atoms with Gasteiger partial charge in [0.25, 0.3) is 0 Å². The molecule has 2 aromatic carbocycles. The minimum Gasteiger partial charge on any atom is -0.203 e. The van der Waals surface area contributed by atoms with Crippen molar-refractivity contribution in [3.63, 3.8) is 0 Å². The second-order valence-electron chi connectivity index (χ2n) is 12.4. The van der Waals surface area contributed by atoms with E-state index in [2.05, 4.69) is 0 Å². The molecule has 0 heterocycles. The Morgan fingerprint density at radius 1 is 0.482 bits per heavy atom. The lowest BCUT2D eigenvalue weighted by molar-refractivity contribution is -0.290. The van der Waals surface area contributed by atoms with Gasteiger partial charge < -0.3 is 0 Å². The molecule has 0 aliphatic carbocycles. The van der Waals surface area contributed by atoms with Gasteiger partial charge in [-0.1, -0.05) is 65.7 Å². The Morgan fingerprint density at radius 2 is 0.929 bits per heavy atom. The van der Waals surface area contributed by atoms with E-state index >= 15 is 0 Å². The second-order valence-corrected chi connectivity index (χ2v) is 13.9. The number of hydrogen-bond donors (Lipinski definition) is 0. The molecule has 0 saturated carbocycles. The van der Waals surface area contributed by atoms with Gasteiger partial charge in [-0.05, 0) is 33.5 Å². The van der Waals surface area contributed by atoms with Gasteiger partial charge >= 0.3 is 35.8 Å². The normalized spacial score (nSPS) is 14.1. The zero-order chi connectivity index (χ0) is 44.0. The molecule has 2 aromatic rings. The number of benzene rings is 2. The zero-order valence-electron chi connectivity index (χ0n) is 29.2. The summed E-state index contributed by atoms with van der Waals surface area (Å²) in [7, 11) is -1.47. The van der Waals surface area contributed by atoms with Gasteiger partial charge in [-0.15, -0.1) is 0 Å². The fraction of sp³-hybridized carbons (Fsp3) is 0.636. The Morgan fingerprint density at radius 3 is 1.36 bits per heavy atom. The van der Waals surface area contributed by atoms with E-state index in [0.717, 1.165) is 32.1 Å². The second kappa shape index (κ2) is 19.4. The van der Waals surface area contributed by atoms with Crippen LogP contribution in [0.15, 0.2) is 0 Å². The van der Waals surface area contributed by atoms with Crippen molar-refractivity contribution in [2.24, 2.45) is 5.92 Å². The van der Waals surface area contributed by atoms with Gasteiger partial charge in [-0.25, -0.2) is 35.1 Å². The SMILES string of the molecule is CCCCCCC(F)(F)C(F)(F)C(F)(F)PCCC(CC)CCCC.Fc1c(F)c(F)c(-c2c(C(F)(F)F)c(F)c(F)c(F)c2C(F)(F)C(F)(F)F)c(F)c1F. The first-order chi connectivity index (χ1) is 25.3. The minimum absolute atomic E-state index is 0.128. The predicted molar refractivity (Wildman–Crippen MR) is 161 cm³/mol. The lowest BCUT2D eigenvalue weighted by Gasteiger charge is -2.33. The fourth-order valence-electron chi connectivity index (χ4n) is 5.19.